The molecule has 0 fully saturated rings. The standard InChI is InChI=1S/C14H11IN2O/c1-18-11-6-4-10(5-7-11)13-9-17-8-2-3-12(15)14(17)16-13/h2-9H,1H3. The zero-order valence-corrected chi connectivity index (χ0v) is 12.0. The van der Waals surface area contributed by atoms with Gasteiger partial charge in [-0.25, -0.2) is 4.98 Å². The first-order valence-electron chi connectivity index (χ1n) is 5.55. The Bertz CT molecular complexity index is 689. The summed E-state index contributed by atoms with van der Waals surface area (Å²) in [6.07, 6.45) is 4.05. The van der Waals surface area contributed by atoms with Gasteiger partial charge in [0.15, 0.2) is 5.65 Å². The lowest BCUT2D eigenvalue weighted by Gasteiger charge is -1.99. The monoisotopic (exact) mass is 350 g/mol. The fourth-order valence-electron chi connectivity index (χ4n) is 1.88. The first kappa shape index (κ1) is 11.5. The van der Waals surface area contributed by atoms with Crippen molar-refractivity contribution in [2.45, 2.75) is 0 Å². The zero-order chi connectivity index (χ0) is 12.5. The molecule has 0 spiro atoms. The Hall–Kier alpha value is -1.56. The van der Waals surface area contributed by atoms with Gasteiger partial charge in [0.1, 0.15) is 5.75 Å². The van der Waals surface area contributed by atoms with E-state index in [1.54, 1.807) is 7.11 Å². The normalized spacial score (nSPS) is 10.8. The highest BCUT2D eigenvalue weighted by atomic mass is 127. The highest BCUT2D eigenvalue weighted by molar-refractivity contribution is 14.1. The minimum absolute atomic E-state index is 0.858. The third-order valence-electron chi connectivity index (χ3n) is 2.82. The molecule has 0 radical (unpaired) electrons. The average Bonchev–Trinajstić information content (AvgIpc) is 2.84. The number of nitrogens with zero attached hydrogens (tertiary/aromatic N) is 2. The van der Waals surface area contributed by atoms with Gasteiger partial charge in [-0.2, -0.15) is 0 Å². The number of benzene rings is 1. The van der Waals surface area contributed by atoms with Crippen molar-refractivity contribution in [2.24, 2.45) is 0 Å². The van der Waals surface area contributed by atoms with Crippen LogP contribution < -0.4 is 4.74 Å². The molecule has 18 heavy (non-hydrogen) atoms. The largest absolute Gasteiger partial charge is 0.497 e. The van der Waals surface area contributed by atoms with Gasteiger partial charge in [-0.05, 0) is 59.0 Å². The summed E-state index contributed by atoms with van der Waals surface area (Å²) in [6, 6.07) is 12.0. The van der Waals surface area contributed by atoms with Crippen LogP contribution >= 0.6 is 22.6 Å². The number of rotatable bonds is 2. The maximum Gasteiger partial charge on any atom is 0.150 e. The molecule has 0 aliphatic heterocycles. The number of methoxy groups -OCH3 is 1. The van der Waals surface area contributed by atoms with Gasteiger partial charge in [0.25, 0.3) is 0 Å². The molecule has 0 saturated heterocycles. The predicted octanol–water partition coefficient (Wildman–Crippen LogP) is 3.61. The third kappa shape index (κ3) is 1.96. The molecule has 3 rings (SSSR count). The molecule has 0 aliphatic rings. The van der Waals surface area contributed by atoms with E-state index in [1.165, 1.54) is 0 Å². The molecule has 0 atom stereocenters. The number of imidazole rings is 1. The number of halogens is 1. The lowest BCUT2D eigenvalue weighted by Crippen LogP contribution is -1.83. The molecular formula is C14H11IN2O. The van der Waals surface area contributed by atoms with Crippen molar-refractivity contribution in [3.63, 3.8) is 0 Å². The van der Waals surface area contributed by atoms with Crippen LogP contribution in [0, 0.1) is 3.57 Å². The quantitative estimate of drug-likeness (QED) is 0.660. The Kier molecular flexibility index (Phi) is 2.95. The number of ether oxygens (including phenoxy) is 1. The lowest BCUT2D eigenvalue weighted by atomic mass is 10.2. The molecule has 0 unspecified atom stereocenters. The molecule has 0 N–H and O–H groups in total. The number of hydrogen-bond acceptors (Lipinski definition) is 2. The molecule has 90 valence electrons. The van der Waals surface area contributed by atoms with Gasteiger partial charge in [0.2, 0.25) is 0 Å². The lowest BCUT2D eigenvalue weighted by molar-refractivity contribution is 0.415. The van der Waals surface area contributed by atoms with E-state index in [9.17, 15) is 0 Å². The van der Waals surface area contributed by atoms with Gasteiger partial charge in [0, 0.05) is 18.0 Å². The van der Waals surface area contributed by atoms with E-state index in [1.807, 2.05) is 47.1 Å². The molecule has 0 saturated carbocycles. The molecule has 0 aliphatic carbocycles. The molecule has 2 heterocycles. The molecule has 1 aromatic carbocycles. The van der Waals surface area contributed by atoms with Gasteiger partial charge < -0.3 is 9.14 Å². The Morgan fingerprint density at radius 1 is 1.17 bits per heavy atom. The van der Waals surface area contributed by atoms with Crippen molar-refractivity contribution in [3.05, 3.63) is 52.4 Å². The molecule has 2 aromatic heterocycles. The second-order valence-corrected chi connectivity index (χ2v) is 5.10. The first-order chi connectivity index (χ1) is 8.78. The molecule has 0 bridgehead atoms. The highest BCUT2D eigenvalue weighted by Crippen LogP contribution is 2.23. The van der Waals surface area contributed by atoms with Crippen LogP contribution in [0.2, 0.25) is 0 Å². The van der Waals surface area contributed by atoms with Gasteiger partial charge in [-0.15, -0.1) is 0 Å². The van der Waals surface area contributed by atoms with Crippen LogP contribution in [0.4, 0.5) is 0 Å². The van der Waals surface area contributed by atoms with Crippen LogP contribution in [0.3, 0.4) is 0 Å². The van der Waals surface area contributed by atoms with Gasteiger partial charge >= 0.3 is 0 Å². The summed E-state index contributed by atoms with van der Waals surface area (Å²) in [5.41, 5.74) is 3.06. The Morgan fingerprint density at radius 3 is 2.61 bits per heavy atom. The van der Waals surface area contributed by atoms with Crippen molar-refractivity contribution < 1.29 is 4.74 Å². The van der Waals surface area contributed by atoms with Crippen molar-refractivity contribution in [1.29, 1.82) is 0 Å². The SMILES string of the molecule is COc1ccc(-c2cn3cccc(I)c3n2)cc1. The van der Waals surface area contributed by atoms with E-state index < -0.39 is 0 Å². The summed E-state index contributed by atoms with van der Waals surface area (Å²) in [7, 11) is 1.67. The topological polar surface area (TPSA) is 26.5 Å². The molecule has 4 heteroatoms. The van der Waals surface area contributed by atoms with Crippen molar-refractivity contribution in [3.8, 4) is 17.0 Å². The van der Waals surface area contributed by atoms with Crippen LogP contribution in [0.15, 0.2) is 48.8 Å². The summed E-state index contributed by atoms with van der Waals surface area (Å²) in [5.74, 6) is 0.858. The van der Waals surface area contributed by atoms with E-state index >= 15 is 0 Å². The van der Waals surface area contributed by atoms with Crippen molar-refractivity contribution in [2.75, 3.05) is 7.11 Å². The molecular weight excluding hydrogens is 339 g/mol. The highest BCUT2D eigenvalue weighted by Gasteiger charge is 2.06. The van der Waals surface area contributed by atoms with Crippen molar-refractivity contribution >= 4 is 28.2 Å². The summed E-state index contributed by atoms with van der Waals surface area (Å²) in [5, 5.41) is 0. The van der Waals surface area contributed by atoms with E-state index in [2.05, 4.69) is 33.6 Å². The fourth-order valence-corrected chi connectivity index (χ4v) is 2.49. The third-order valence-corrected chi connectivity index (χ3v) is 3.66. The first-order valence-corrected chi connectivity index (χ1v) is 6.63. The predicted molar refractivity (Wildman–Crippen MR) is 79.9 cm³/mol. The van der Waals surface area contributed by atoms with Crippen molar-refractivity contribution in [1.82, 2.24) is 9.38 Å². The van der Waals surface area contributed by atoms with Crippen LogP contribution in [-0.2, 0) is 0 Å². The minimum Gasteiger partial charge on any atom is -0.497 e. The molecule has 3 aromatic rings. The van der Waals surface area contributed by atoms with Crippen LogP contribution in [-0.4, -0.2) is 16.5 Å². The second kappa shape index (κ2) is 4.61. The van der Waals surface area contributed by atoms with E-state index in [0.29, 0.717) is 0 Å². The zero-order valence-electron chi connectivity index (χ0n) is 9.80. The number of fused-ring (bicyclic) bond motifs is 1. The Morgan fingerprint density at radius 2 is 1.94 bits per heavy atom. The maximum atomic E-state index is 5.16. The van der Waals surface area contributed by atoms with Crippen LogP contribution in [0.25, 0.3) is 16.9 Å². The Balaban J connectivity index is 2.10. The summed E-state index contributed by atoms with van der Waals surface area (Å²) < 4.78 is 8.35. The number of pyridine rings is 1. The average molecular weight is 350 g/mol. The number of aromatic nitrogens is 2. The Labute approximate surface area is 119 Å². The van der Waals surface area contributed by atoms with Gasteiger partial charge in [0.05, 0.1) is 16.4 Å². The summed E-state index contributed by atoms with van der Waals surface area (Å²) in [6.45, 7) is 0. The minimum atomic E-state index is 0.858. The second-order valence-electron chi connectivity index (χ2n) is 3.94. The van der Waals surface area contributed by atoms with E-state index in [0.717, 1.165) is 26.2 Å². The van der Waals surface area contributed by atoms with Gasteiger partial charge in [-0.3, -0.25) is 0 Å². The fraction of sp³-hybridized carbons (Fsp3) is 0.0714. The van der Waals surface area contributed by atoms with E-state index in [-0.39, 0.29) is 0 Å². The van der Waals surface area contributed by atoms with Crippen LogP contribution in [0.1, 0.15) is 0 Å². The number of hydrogen-bond donors (Lipinski definition) is 0. The molecule has 3 nitrogen and oxygen atoms in total. The van der Waals surface area contributed by atoms with E-state index in [4.69, 9.17) is 4.74 Å². The summed E-state index contributed by atoms with van der Waals surface area (Å²) >= 11 is 2.30. The smallest absolute Gasteiger partial charge is 0.150 e. The molecule has 0 amide bonds. The maximum absolute atomic E-state index is 5.16. The van der Waals surface area contributed by atoms with Gasteiger partial charge in [-0.1, -0.05) is 0 Å². The van der Waals surface area contributed by atoms with Crippen LogP contribution in [0.5, 0.6) is 5.75 Å². The summed E-state index contributed by atoms with van der Waals surface area (Å²) in [4.78, 5) is 4.65.